The first-order valence-corrected chi connectivity index (χ1v) is 8.26. The standard InChI is InChI=1S/C19H22N2O3S/c1-5-10-21-13(3)16(18(22)23-4)17(20-19(21)25)14-8-7-9-15(12-14)24-11-6-2/h5-9,12,17H,1-2,10-11H2,3-4H3,(H,20,25)/t17-/m1/s1. The number of allylic oxidation sites excluding steroid dienone is 1. The summed E-state index contributed by atoms with van der Waals surface area (Å²) in [6.07, 6.45) is 3.41. The second-order valence-corrected chi connectivity index (χ2v) is 5.83. The molecule has 0 aromatic heterocycles. The minimum atomic E-state index is -0.409. The van der Waals surface area contributed by atoms with Crippen LogP contribution in [0.25, 0.3) is 0 Å². The molecular weight excluding hydrogens is 336 g/mol. The molecule has 0 unspecified atom stereocenters. The number of carbonyl (C=O) groups is 1. The first-order chi connectivity index (χ1) is 12.0. The van der Waals surface area contributed by atoms with E-state index in [2.05, 4.69) is 18.5 Å². The molecule has 0 fully saturated rings. The van der Waals surface area contributed by atoms with Crippen LogP contribution in [0.5, 0.6) is 5.75 Å². The molecule has 1 atom stereocenters. The minimum Gasteiger partial charge on any atom is -0.490 e. The molecule has 1 heterocycles. The number of methoxy groups -OCH3 is 1. The Bertz CT molecular complexity index is 727. The van der Waals surface area contributed by atoms with Crippen molar-refractivity contribution in [2.75, 3.05) is 20.3 Å². The number of benzene rings is 1. The van der Waals surface area contributed by atoms with Gasteiger partial charge in [0, 0.05) is 12.2 Å². The summed E-state index contributed by atoms with van der Waals surface area (Å²) in [5.41, 5.74) is 2.12. The van der Waals surface area contributed by atoms with Crippen LogP contribution in [0.2, 0.25) is 0 Å². The van der Waals surface area contributed by atoms with E-state index in [0.29, 0.717) is 29.6 Å². The highest BCUT2D eigenvalue weighted by molar-refractivity contribution is 7.80. The van der Waals surface area contributed by atoms with E-state index < -0.39 is 12.0 Å². The summed E-state index contributed by atoms with van der Waals surface area (Å²) >= 11 is 5.46. The van der Waals surface area contributed by atoms with Crippen molar-refractivity contribution in [3.63, 3.8) is 0 Å². The zero-order valence-corrected chi connectivity index (χ0v) is 15.3. The summed E-state index contributed by atoms with van der Waals surface area (Å²) in [7, 11) is 1.37. The van der Waals surface area contributed by atoms with Crippen LogP contribution in [-0.4, -0.2) is 36.2 Å². The normalized spacial score (nSPS) is 17.0. The molecule has 1 aliphatic rings. The fourth-order valence-electron chi connectivity index (χ4n) is 2.69. The SMILES string of the molecule is C=CCOc1cccc([C@H]2NC(=S)N(CC=C)C(C)=C2C(=O)OC)c1. The summed E-state index contributed by atoms with van der Waals surface area (Å²) in [6.45, 7) is 10.2. The number of nitrogens with one attached hydrogen (secondary N) is 1. The number of carbonyl (C=O) groups excluding carboxylic acids is 1. The Labute approximate surface area is 153 Å². The third kappa shape index (κ3) is 4.09. The Balaban J connectivity index is 2.47. The molecule has 132 valence electrons. The fourth-order valence-corrected chi connectivity index (χ4v) is 3.02. The van der Waals surface area contributed by atoms with Gasteiger partial charge in [-0.15, -0.1) is 6.58 Å². The van der Waals surface area contributed by atoms with Crippen LogP contribution in [0.15, 0.2) is 60.8 Å². The van der Waals surface area contributed by atoms with E-state index in [1.54, 1.807) is 12.2 Å². The summed E-state index contributed by atoms with van der Waals surface area (Å²) in [6, 6.07) is 7.11. The van der Waals surface area contributed by atoms with Crippen molar-refractivity contribution in [2.45, 2.75) is 13.0 Å². The molecule has 1 aromatic rings. The highest BCUT2D eigenvalue weighted by Gasteiger charge is 2.34. The third-order valence-corrected chi connectivity index (χ3v) is 4.21. The molecule has 6 heteroatoms. The average molecular weight is 358 g/mol. The maximum atomic E-state index is 12.4. The van der Waals surface area contributed by atoms with E-state index in [-0.39, 0.29) is 0 Å². The molecule has 2 rings (SSSR count). The molecule has 0 amide bonds. The van der Waals surface area contributed by atoms with Crippen molar-refractivity contribution in [3.8, 4) is 5.75 Å². The minimum absolute atomic E-state index is 0.399. The molecular formula is C19H22N2O3S. The van der Waals surface area contributed by atoms with E-state index >= 15 is 0 Å². The molecule has 0 spiro atoms. The molecule has 0 bridgehead atoms. The van der Waals surface area contributed by atoms with Crippen LogP contribution in [0.4, 0.5) is 0 Å². The van der Waals surface area contributed by atoms with Gasteiger partial charge in [-0.1, -0.05) is 30.9 Å². The zero-order valence-electron chi connectivity index (χ0n) is 14.5. The Kier molecular flexibility index (Phi) is 6.36. The van der Waals surface area contributed by atoms with Gasteiger partial charge in [-0.05, 0) is 36.8 Å². The van der Waals surface area contributed by atoms with Gasteiger partial charge in [0.15, 0.2) is 5.11 Å². The van der Waals surface area contributed by atoms with Crippen LogP contribution in [-0.2, 0) is 9.53 Å². The first-order valence-electron chi connectivity index (χ1n) is 7.85. The van der Waals surface area contributed by atoms with Crippen LogP contribution in [0.1, 0.15) is 18.5 Å². The van der Waals surface area contributed by atoms with Gasteiger partial charge >= 0.3 is 5.97 Å². The maximum absolute atomic E-state index is 12.4. The van der Waals surface area contributed by atoms with E-state index in [9.17, 15) is 4.79 Å². The van der Waals surface area contributed by atoms with Crippen molar-refractivity contribution >= 4 is 23.3 Å². The Morgan fingerprint density at radius 2 is 2.16 bits per heavy atom. The molecule has 0 radical (unpaired) electrons. The lowest BCUT2D eigenvalue weighted by atomic mass is 9.95. The number of hydrogen-bond acceptors (Lipinski definition) is 4. The van der Waals surface area contributed by atoms with Gasteiger partial charge in [-0.2, -0.15) is 0 Å². The Morgan fingerprint density at radius 3 is 2.80 bits per heavy atom. The Hall–Kier alpha value is -2.60. The lowest BCUT2D eigenvalue weighted by Gasteiger charge is -2.37. The van der Waals surface area contributed by atoms with Gasteiger partial charge in [0.1, 0.15) is 12.4 Å². The Morgan fingerprint density at radius 1 is 1.40 bits per heavy atom. The van der Waals surface area contributed by atoms with Crippen LogP contribution in [0.3, 0.4) is 0 Å². The zero-order chi connectivity index (χ0) is 18.4. The van der Waals surface area contributed by atoms with Gasteiger partial charge in [-0.25, -0.2) is 4.79 Å². The smallest absolute Gasteiger partial charge is 0.337 e. The lowest BCUT2D eigenvalue weighted by molar-refractivity contribution is -0.136. The van der Waals surface area contributed by atoms with Crippen molar-refractivity contribution in [1.82, 2.24) is 10.2 Å². The van der Waals surface area contributed by atoms with E-state index in [4.69, 9.17) is 21.7 Å². The van der Waals surface area contributed by atoms with Crippen molar-refractivity contribution in [3.05, 3.63) is 66.4 Å². The molecule has 1 aromatic carbocycles. The second kappa shape index (κ2) is 8.48. The van der Waals surface area contributed by atoms with Crippen LogP contribution >= 0.6 is 12.2 Å². The summed E-state index contributed by atoms with van der Waals surface area (Å²) in [4.78, 5) is 14.2. The first kappa shape index (κ1) is 18.7. The van der Waals surface area contributed by atoms with Gasteiger partial charge in [0.05, 0.1) is 18.7 Å². The predicted molar refractivity (Wildman–Crippen MR) is 102 cm³/mol. The molecule has 0 saturated heterocycles. The predicted octanol–water partition coefficient (Wildman–Crippen LogP) is 3.12. The van der Waals surface area contributed by atoms with Crippen LogP contribution in [0, 0.1) is 0 Å². The summed E-state index contributed by atoms with van der Waals surface area (Å²) in [5, 5.41) is 3.76. The largest absolute Gasteiger partial charge is 0.490 e. The van der Waals surface area contributed by atoms with Gasteiger partial charge in [0.25, 0.3) is 0 Å². The molecule has 25 heavy (non-hydrogen) atoms. The molecule has 1 N–H and O–H groups in total. The summed E-state index contributed by atoms with van der Waals surface area (Å²) in [5.74, 6) is 0.296. The van der Waals surface area contributed by atoms with Crippen molar-refractivity contribution in [1.29, 1.82) is 0 Å². The number of thiocarbonyl (C=S) groups is 1. The highest BCUT2D eigenvalue weighted by atomic mass is 32.1. The lowest BCUT2D eigenvalue weighted by Crippen LogP contribution is -2.47. The third-order valence-electron chi connectivity index (χ3n) is 3.87. The van der Waals surface area contributed by atoms with Gasteiger partial charge in [0.2, 0.25) is 0 Å². The van der Waals surface area contributed by atoms with Gasteiger partial charge in [-0.3, -0.25) is 0 Å². The molecule has 1 aliphatic heterocycles. The van der Waals surface area contributed by atoms with E-state index in [1.165, 1.54) is 7.11 Å². The number of esters is 1. The quantitative estimate of drug-likeness (QED) is 0.459. The molecule has 0 saturated carbocycles. The van der Waals surface area contributed by atoms with Crippen molar-refractivity contribution < 1.29 is 14.3 Å². The maximum Gasteiger partial charge on any atom is 0.337 e. The molecule has 0 aliphatic carbocycles. The topological polar surface area (TPSA) is 50.8 Å². The number of nitrogens with zero attached hydrogens (tertiary/aromatic N) is 1. The second-order valence-electron chi connectivity index (χ2n) is 5.44. The highest BCUT2D eigenvalue weighted by Crippen LogP contribution is 2.32. The van der Waals surface area contributed by atoms with E-state index in [1.807, 2.05) is 36.1 Å². The number of hydrogen-bond donors (Lipinski definition) is 1. The van der Waals surface area contributed by atoms with E-state index in [0.717, 1.165) is 11.3 Å². The van der Waals surface area contributed by atoms with Gasteiger partial charge < -0.3 is 19.7 Å². The van der Waals surface area contributed by atoms with Crippen molar-refractivity contribution in [2.24, 2.45) is 0 Å². The summed E-state index contributed by atoms with van der Waals surface area (Å²) < 4.78 is 10.6. The monoisotopic (exact) mass is 358 g/mol. The average Bonchev–Trinajstić information content (AvgIpc) is 2.62. The number of ether oxygens (including phenoxy) is 2. The molecule has 5 nitrogen and oxygen atoms in total. The fraction of sp³-hybridized carbons (Fsp3) is 0.263. The number of rotatable bonds is 7. The van der Waals surface area contributed by atoms with Crippen LogP contribution < -0.4 is 10.1 Å².